The molecule has 5 heteroatoms. The highest BCUT2D eigenvalue weighted by Crippen LogP contribution is 2.28. The molecular formula is C13H18ClN3O. The highest BCUT2D eigenvalue weighted by atomic mass is 35.5. The summed E-state index contributed by atoms with van der Waals surface area (Å²) in [5.41, 5.74) is 6.99. The Hall–Kier alpha value is -1.26. The van der Waals surface area contributed by atoms with Gasteiger partial charge in [0, 0.05) is 17.8 Å². The molecule has 1 unspecified atom stereocenters. The van der Waals surface area contributed by atoms with Gasteiger partial charge in [-0.3, -0.25) is 5.41 Å². The summed E-state index contributed by atoms with van der Waals surface area (Å²) < 4.78 is 0. The van der Waals surface area contributed by atoms with Crippen LogP contribution in [-0.2, 0) is 0 Å². The summed E-state index contributed by atoms with van der Waals surface area (Å²) in [4.78, 5) is 2.18. The van der Waals surface area contributed by atoms with Gasteiger partial charge in [-0.15, -0.1) is 0 Å². The van der Waals surface area contributed by atoms with Crippen molar-refractivity contribution in [2.75, 3.05) is 18.1 Å². The molecule has 0 saturated carbocycles. The quantitative estimate of drug-likeness (QED) is 0.579. The van der Waals surface area contributed by atoms with Crippen molar-refractivity contribution < 1.29 is 5.11 Å². The van der Waals surface area contributed by atoms with Crippen molar-refractivity contribution in [1.29, 1.82) is 5.41 Å². The minimum Gasteiger partial charge on any atom is -0.394 e. The third-order valence-electron chi connectivity index (χ3n) is 3.41. The molecule has 0 radical (unpaired) electrons. The van der Waals surface area contributed by atoms with Gasteiger partial charge in [0.05, 0.1) is 17.7 Å². The first-order valence-corrected chi connectivity index (χ1v) is 6.52. The fourth-order valence-corrected chi connectivity index (χ4v) is 2.71. The van der Waals surface area contributed by atoms with E-state index in [0.29, 0.717) is 10.6 Å². The number of hydrogen-bond acceptors (Lipinski definition) is 3. The Kier molecular flexibility index (Phi) is 4.09. The molecule has 0 aromatic heterocycles. The van der Waals surface area contributed by atoms with E-state index in [4.69, 9.17) is 22.7 Å². The molecule has 0 bridgehead atoms. The fourth-order valence-electron chi connectivity index (χ4n) is 2.43. The first-order valence-electron chi connectivity index (χ1n) is 6.15. The van der Waals surface area contributed by atoms with Crippen molar-refractivity contribution >= 4 is 23.1 Å². The normalized spacial score (nSPS) is 19.9. The molecule has 98 valence electrons. The van der Waals surface area contributed by atoms with E-state index in [1.54, 1.807) is 6.07 Å². The second-order valence-electron chi connectivity index (χ2n) is 4.60. The van der Waals surface area contributed by atoms with Gasteiger partial charge in [0.1, 0.15) is 5.84 Å². The maximum atomic E-state index is 9.41. The predicted octanol–water partition coefficient (Wildman–Crippen LogP) is 1.98. The van der Waals surface area contributed by atoms with E-state index in [9.17, 15) is 5.11 Å². The fraction of sp³-hybridized carbons (Fsp3) is 0.462. The van der Waals surface area contributed by atoms with Crippen LogP contribution in [-0.4, -0.2) is 30.1 Å². The van der Waals surface area contributed by atoms with E-state index in [0.717, 1.165) is 31.5 Å². The van der Waals surface area contributed by atoms with Crippen molar-refractivity contribution in [2.45, 2.75) is 25.3 Å². The van der Waals surface area contributed by atoms with Gasteiger partial charge in [0.15, 0.2) is 0 Å². The molecule has 1 saturated heterocycles. The summed E-state index contributed by atoms with van der Waals surface area (Å²) >= 11 is 6.12. The van der Waals surface area contributed by atoms with Gasteiger partial charge in [0.2, 0.25) is 0 Å². The smallest absolute Gasteiger partial charge is 0.124 e. The first-order chi connectivity index (χ1) is 8.63. The standard InChI is InChI=1S/C13H18ClN3O/c14-12-7-9(4-5-11(12)13(15)16)17-6-2-1-3-10(17)8-18/h4-5,7,10,18H,1-3,6,8H2,(H3,15,16). The van der Waals surface area contributed by atoms with E-state index in [-0.39, 0.29) is 18.5 Å². The number of nitrogens with one attached hydrogen (secondary N) is 1. The number of aliphatic hydroxyl groups excluding tert-OH is 1. The minimum atomic E-state index is -0.0242. The summed E-state index contributed by atoms with van der Waals surface area (Å²) in [6.07, 6.45) is 3.28. The second-order valence-corrected chi connectivity index (χ2v) is 5.01. The zero-order valence-corrected chi connectivity index (χ0v) is 11.0. The number of hydrogen-bond donors (Lipinski definition) is 3. The van der Waals surface area contributed by atoms with Crippen LogP contribution in [0.25, 0.3) is 0 Å². The molecule has 0 amide bonds. The Morgan fingerprint density at radius 1 is 1.50 bits per heavy atom. The summed E-state index contributed by atoms with van der Waals surface area (Å²) in [6, 6.07) is 5.67. The molecule has 1 fully saturated rings. The van der Waals surface area contributed by atoms with E-state index < -0.39 is 0 Å². The molecule has 1 aliphatic heterocycles. The van der Waals surface area contributed by atoms with Crippen LogP contribution < -0.4 is 10.6 Å². The molecular weight excluding hydrogens is 250 g/mol. The monoisotopic (exact) mass is 267 g/mol. The van der Waals surface area contributed by atoms with Crippen LogP contribution in [0.15, 0.2) is 18.2 Å². The van der Waals surface area contributed by atoms with Crippen molar-refractivity contribution in [3.63, 3.8) is 0 Å². The van der Waals surface area contributed by atoms with Crippen LogP contribution in [0.2, 0.25) is 5.02 Å². The number of nitrogen functional groups attached to an aromatic ring is 1. The Morgan fingerprint density at radius 2 is 2.28 bits per heavy atom. The largest absolute Gasteiger partial charge is 0.394 e. The van der Waals surface area contributed by atoms with Gasteiger partial charge >= 0.3 is 0 Å². The predicted molar refractivity (Wildman–Crippen MR) is 74.5 cm³/mol. The number of nitrogens with zero attached hydrogens (tertiary/aromatic N) is 1. The lowest BCUT2D eigenvalue weighted by Crippen LogP contribution is -2.41. The van der Waals surface area contributed by atoms with Gasteiger partial charge in [-0.05, 0) is 37.5 Å². The molecule has 1 atom stereocenters. The topological polar surface area (TPSA) is 73.3 Å². The lowest BCUT2D eigenvalue weighted by Gasteiger charge is -2.36. The number of nitrogens with two attached hydrogens (primary N) is 1. The molecule has 2 rings (SSSR count). The average molecular weight is 268 g/mol. The number of benzene rings is 1. The average Bonchev–Trinajstić information content (AvgIpc) is 2.38. The first kappa shape index (κ1) is 13.2. The number of aliphatic hydroxyl groups is 1. The van der Waals surface area contributed by atoms with Crippen LogP contribution in [0.3, 0.4) is 0 Å². The number of rotatable bonds is 3. The Balaban J connectivity index is 2.27. The Bertz CT molecular complexity index is 450. The number of piperidine rings is 1. The van der Waals surface area contributed by atoms with Gasteiger partial charge in [-0.1, -0.05) is 11.6 Å². The van der Waals surface area contributed by atoms with E-state index in [1.165, 1.54) is 0 Å². The van der Waals surface area contributed by atoms with Gasteiger partial charge in [-0.25, -0.2) is 0 Å². The third-order valence-corrected chi connectivity index (χ3v) is 3.73. The molecule has 4 N–H and O–H groups in total. The molecule has 1 aliphatic rings. The number of halogens is 1. The zero-order valence-electron chi connectivity index (χ0n) is 10.2. The minimum absolute atomic E-state index is 0.0242. The van der Waals surface area contributed by atoms with Crippen LogP contribution in [0.1, 0.15) is 24.8 Å². The number of amidine groups is 1. The SMILES string of the molecule is N=C(N)c1ccc(N2CCCCC2CO)cc1Cl. The van der Waals surface area contributed by atoms with Gasteiger partial charge in [-0.2, -0.15) is 0 Å². The summed E-state index contributed by atoms with van der Waals surface area (Å²) in [5.74, 6) is -0.0242. The van der Waals surface area contributed by atoms with Crippen LogP contribution in [0, 0.1) is 5.41 Å². The van der Waals surface area contributed by atoms with E-state index >= 15 is 0 Å². The van der Waals surface area contributed by atoms with Crippen LogP contribution >= 0.6 is 11.6 Å². The second kappa shape index (κ2) is 5.59. The summed E-state index contributed by atoms with van der Waals surface area (Å²) in [6.45, 7) is 1.09. The highest BCUT2D eigenvalue weighted by molar-refractivity contribution is 6.34. The maximum Gasteiger partial charge on any atom is 0.124 e. The zero-order chi connectivity index (χ0) is 13.1. The lowest BCUT2D eigenvalue weighted by molar-refractivity contribution is 0.240. The highest BCUT2D eigenvalue weighted by Gasteiger charge is 2.22. The lowest BCUT2D eigenvalue weighted by atomic mass is 10.0. The molecule has 1 heterocycles. The van der Waals surface area contributed by atoms with Crippen LogP contribution in [0.4, 0.5) is 5.69 Å². The van der Waals surface area contributed by atoms with Gasteiger partial charge < -0.3 is 15.7 Å². The summed E-state index contributed by atoms with van der Waals surface area (Å²) in [7, 11) is 0. The molecule has 1 aromatic carbocycles. The molecule has 0 spiro atoms. The Morgan fingerprint density at radius 3 is 2.89 bits per heavy atom. The molecule has 18 heavy (non-hydrogen) atoms. The molecule has 1 aromatic rings. The van der Waals surface area contributed by atoms with Crippen molar-refractivity contribution in [1.82, 2.24) is 0 Å². The van der Waals surface area contributed by atoms with Crippen LogP contribution in [0.5, 0.6) is 0 Å². The van der Waals surface area contributed by atoms with E-state index in [2.05, 4.69) is 4.90 Å². The van der Waals surface area contributed by atoms with E-state index in [1.807, 2.05) is 12.1 Å². The molecule has 4 nitrogen and oxygen atoms in total. The van der Waals surface area contributed by atoms with Crippen molar-refractivity contribution in [3.05, 3.63) is 28.8 Å². The van der Waals surface area contributed by atoms with Crippen molar-refractivity contribution in [2.24, 2.45) is 5.73 Å². The third kappa shape index (κ3) is 2.60. The number of anilines is 1. The molecule has 0 aliphatic carbocycles. The summed E-state index contributed by atoms with van der Waals surface area (Å²) in [5, 5.41) is 17.3. The maximum absolute atomic E-state index is 9.41. The Labute approximate surface area is 112 Å². The van der Waals surface area contributed by atoms with Crippen molar-refractivity contribution in [3.8, 4) is 0 Å². The van der Waals surface area contributed by atoms with Gasteiger partial charge in [0.25, 0.3) is 0 Å².